The molecule has 7 nitrogen and oxygen atoms in total. The van der Waals surface area contributed by atoms with Crippen molar-refractivity contribution >= 4 is 17.4 Å². The van der Waals surface area contributed by atoms with E-state index in [-0.39, 0.29) is 17.1 Å². The quantitative estimate of drug-likeness (QED) is 0.578. The first-order chi connectivity index (χ1) is 7.56. The number of nitro groups is 1. The monoisotopic (exact) mass is 224 g/mol. The number of nitrogens with one attached hydrogen (secondary N) is 1. The molecule has 0 bridgehead atoms. The molecule has 0 saturated heterocycles. The molecule has 0 aliphatic rings. The third kappa shape index (κ3) is 2.66. The molecule has 3 N–H and O–H groups in total. The van der Waals surface area contributed by atoms with Crippen LogP contribution in [0.4, 0.5) is 11.5 Å². The van der Waals surface area contributed by atoms with E-state index in [2.05, 4.69) is 10.3 Å². The first kappa shape index (κ1) is 11.9. The van der Waals surface area contributed by atoms with E-state index in [9.17, 15) is 14.9 Å². The molecular weight excluding hydrogens is 212 g/mol. The number of rotatable bonds is 4. The molecule has 1 rings (SSSR count). The highest BCUT2D eigenvalue weighted by Gasteiger charge is 2.15. The lowest BCUT2D eigenvalue weighted by Crippen LogP contribution is -2.25. The van der Waals surface area contributed by atoms with Crippen molar-refractivity contribution in [3.63, 3.8) is 0 Å². The standard InChI is InChI=1S/C9H12N4O3/c1-2-3-11-9(14)7-4-6(13(15)16)5-12-8(7)10/h4-5H,2-3H2,1H3,(H2,10,12)(H,11,14). The highest BCUT2D eigenvalue weighted by atomic mass is 16.6. The molecule has 0 aromatic carbocycles. The Labute approximate surface area is 91.8 Å². The van der Waals surface area contributed by atoms with E-state index in [1.807, 2.05) is 6.92 Å². The van der Waals surface area contributed by atoms with Gasteiger partial charge in [-0.25, -0.2) is 4.98 Å². The van der Waals surface area contributed by atoms with Crippen molar-refractivity contribution in [2.45, 2.75) is 13.3 Å². The fourth-order valence-electron chi connectivity index (χ4n) is 1.08. The number of amides is 1. The Kier molecular flexibility index (Phi) is 3.76. The number of nitrogen functional groups attached to an aromatic ring is 1. The van der Waals surface area contributed by atoms with Crippen LogP contribution in [0, 0.1) is 10.1 Å². The number of aromatic nitrogens is 1. The molecule has 0 aliphatic carbocycles. The van der Waals surface area contributed by atoms with Crippen molar-refractivity contribution < 1.29 is 9.72 Å². The molecule has 0 saturated carbocycles. The van der Waals surface area contributed by atoms with Crippen LogP contribution in [0.1, 0.15) is 23.7 Å². The average Bonchev–Trinajstić information content (AvgIpc) is 2.26. The molecule has 86 valence electrons. The van der Waals surface area contributed by atoms with E-state index in [4.69, 9.17) is 5.73 Å². The van der Waals surface area contributed by atoms with Crippen molar-refractivity contribution in [2.75, 3.05) is 12.3 Å². The van der Waals surface area contributed by atoms with Gasteiger partial charge in [0.2, 0.25) is 0 Å². The van der Waals surface area contributed by atoms with Gasteiger partial charge in [-0.2, -0.15) is 0 Å². The minimum atomic E-state index is -0.622. The lowest BCUT2D eigenvalue weighted by Gasteiger charge is -2.05. The van der Waals surface area contributed by atoms with Gasteiger partial charge in [-0.3, -0.25) is 14.9 Å². The predicted molar refractivity (Wildman–Crippen MR) is 57.9 cm³/mol. The lowest BCUT2D eigenvalue weighted by atomic mass is 10.2. The Balaban J connectivity index is 2.97. The van der Waals surface area contributed by atoms with Gasteiger partial charge in [0.15, 0.2) is 0 Å². The summed E-state index contributed by atoms with van der Waals surface area (Å²) in [5.41, 5.74) is 5.24. The topological polar surface area (TPSA) is 111 Å². The molecule has 0 fully saturated rings. The maximum atomic E-state index is 11.5. The Morgan fingerprint density at radius 2 is 2.38 bits per heavy atom. The maximum absolute atomic E-state index is 11.5. The van der Waals surface area contributed by atoms with Gasteiger partial charge < -0.3 is 11.1 Å². The van der Waals surface area contributed by atoms with Crippen LogP contribution in [0.5, 0.6) is 0 Å². The summed E-state index contributed by atoms with van der Waals surface area (Å²) >= 11 is 0. The molecule has 16 heavy (non-hydrogen) atoms. The van der Waals surface area contributed by atoms with E-state index >= 15 is 0 Å². The van der Waals surface area contributed by atoms with E-state index in [0.717, 1.165) is 18.7 Å². The van der Waals surface area contributed by atoms with Crippen LogP contribution in [0.15, 0.2) is 12.3 Å². The second-order valence-corrected chi connectivity index (χ2v) is 3.14. The van der Waals surface area contributed by atoms with Gasteiger partial charge >= 0.3 is 0 Å². The van der Waals surface area contributed by atoms with Crippen LogP contribution in [-0.4, -0.2) is 22.4 Å². The van der Waals surface area contributed by atoms with Gasteiger partial charge in [0.05, 0.1) is 10.5 Å². The van der Waals surface area contributed by atoms with Crippen LogP contribution >= 0.6 is 0 Å². The van der Waals surface area contributed by atoms with Crippen molar-refractivity contribution in [1.29, 1.82) is 0 Å². The summed E-state index contributed by atoms with van der Waals surface area (Å²) in [5.74, 6) is -0.463. The number of nitrogens with two attached hydrogens (primary N) is 1. The van der Waals surface area contributed by atoms with Gasteiger partial charge in [0.1, 0.15) is 12.0 Å². The molecule has 1 aromatic rings. The lowest BCUT2D eigenvalue weighted by molar-refractivity contribution is -0.385. The molecule has 1 amide bonds. The van der Waals surface area contributed by atoms with Crippen LogP contribution < -0.4 is 11.1 Å². The fraction of sp³-hybridized carbons (Fsp3) is 0.333. The summed E-state index contributed by atoms with van der Waals surface area (Å²) in [6.45, 7) is 2.39. The number of hydrogen-bond acceptors (Lipinski definition) is 5. The Morgan fingerprint density at radius 3 is 2.94 bits per heavy atom. The number of carbonyl (C=O) groups excluding carboxylic acids is 1. The smallest absolute Gasteiger partial charge is 0.288 e. The van der Waals surface area contributed by atoms with Crippen molar-refractivity contribution in [3.8, 4) is 0 Å². The predicted octanol–water partition coefficient (Wildman–Crippen LogP) is 0.712. The zero-order valence-corrected chi connectivity index (χ0v) is 8.77. The van der Waals surface area contributed by atoms with Crippen molar-refractivity contribution in [2.24, 2.45) is 0 Å². The molecule has 0 unspecified atom stereocenters. The summed E-state index contributed by atoms with van der Waals surface area (Å²) in [7, 11) is 0. The van der Waals surface area contributed by atoms with E-state index in [1.54, 1.807) is 0 Å². The van der Waals surface area contributed by atoms with E-state index in [1.165, 1.54) is 0 Å². The second kappa shape index (κ2) is 5.06. The molecule has 0 aliphatic heterocycles. The number of carbonyl (C=O) groups is 1. The fourth-order valence-corrected chi connectivity index (χ4v) is 1.08. The zero-order valence-electron chi connectivity index (χ0n) is 8.77. The van der Waals surface area contributed by atoms with Gasteiger partial charge in [-0.05, 0) is 6.42 Å². The van der Waals surface area contributed by atoms with E-state index in [0.29, 0.717) is 6.54 Å². The zero-order chi connectivity index (χ0) is 12.1. The number of anilines is 1. The summed E-state index contributed by atoms with van der Waals surface area (Å²) in [6.07, 6.45) is 1.79. The summed E-state index contributed by atoms with van der Waals surface area (Å²) in [4.78, 5) is 25.0. The molecule has 0 radical (unpaired) electrons. The Morgan fingerprint density at radius 1 is 1.69 bits per heavy atom. The molecule has 1 heterocycles. The number of pyridine rings is 1. The van der Waals surface area contributed by atoms with Crippen LogP contribution in [0.25, 0.3) is 0 Å². The third-order valence-corrected chi connectivity index (χ3v) is 1.90. The van der Waals surface area contributed by atoms with E-state index < -0.39 is 10.8 Å². The minimum Gasteiger partial charge on any atom is -0.383 e. The molecule has 0 spiro atoms. The highest BCUT2D eigenvalue weighted by Crippen LogP contribution is 2.16. The van der Waals surface area contributed by atoms with Gasteiger partial charge in [-0.1, -0.05) is 6.92 Å². The number of nitrogens with zero attached hydrogens (tertiary/aromatic N) is 2. The van der Waals surface area contributed by atoms with Crippen LogP contribution in [0.3, 0.4) is 0 Å². The van der Waals surface area contributed by atoms with Crippen LogP contribution in [-0.2, 0) is 0 Å². The first-order valence-electron chi connectivity index (χ1n) is 4.74. The molecule has 0 atom stereocenters. The van der Waals surface area contributed by atoms with Crippen molar-refractivity contribution in [1.82, 2.24) is 10.3 Å². The number of hydrogen-bond donors (Lipinski definition) is 2. The summed E-state index contributed by atoms with van der Waals surface area (Å²) in [6, 6.07) is 1.12. The van der Waals surface area contributed by atoms with Gasteiger partial charge in [-0.15, -0.1) is 0 Å². The van der Waals surface area contributed by atoms with Gasteiger partial charge in [0.25, 0.3) is 11.6 Å². The maximum Gasteiger partial charge on any atom is 0.288 e. The van der Waals surface area contributed by atoms with Gasteiger partial charge in [0, 0.05) is 12.6 Å². The first-order valence-corrected chi connectivity index (χ1v) is 4.74. The molecule has 1 aromatic heterocycles. The normalized spacial score (nSPS) is 9.81. The Bertz CT molecular complexity index is 419. The summed E-state index contributed by atoms with van der Waals surface area (Å²) in [5, 5.41) is 13.1. The molecule has 7 heteroatoms. The SMILES string of the molecule is CCCNC(=O)c1cc([N+](=O)[O-])cnc1N. The van der Waals surface area contributed by atoms with Crippen molar-refractivity contribution in [3.05, 3.63) is 27.9 Å². The Hall–Kier alpha value is -2.18. The second-order valence-electron chi connectivity index (χ2n) is 3.14. The van der Waals surface area contributed by atoms with Crippen LogP contribution in [0.2, 0.25) is 0 Å². The largest absolute Gasteiger partial charge is 0.383 e. The highest BCUT2D eigenvalue weighted by molar-refractivity contribution is 5.98. The summed E-state index contributed by atoms with van der Waals surface area (Å²) < 4.78 is 0. The molecular formula is C9H12N4O3. The minimum absolute atomic E-state index is 0.0146. The third-order valence-electron chi connectivity index (χ3n) is 1.90. The average molecular weight is 224 g/mol.